The second-order valence-electron chi connectivity index (χ2n) is 4.51. The summed E-state index contributed by atoms with van der Waals surface area (Å²) in [7, 11) is -1.39. The van der Waals surface area contributed by atoms with Gasteiger partial charge in [-0.2, -0.15) is 0 Å². The summed E-state index contributed by atoms with van der Waals surface area (Å²) in [6, 6.07) is 0.0862. The standard InChI is InChI=1S/C10H22N2O2S/c1-8(7-11-3)15(13,14)12-9(2)10-5-4-6-10/h8-12H,4-7H2,1-3H3. The van der Waals surface area contributed by atoms with E-state index >= 15 is 0 Å². The molecule has 5 heteroatoms. The van der Waals surface area contributed by atoms with Gasteiger partial charge in [-0.05, 0) is 39.7 Å². The second kappa shape index (κ2) is 5.27. The molecule has 0 aliphatic heterocycles. The molecule has 90 valence electrons. The van der Waals surface area contributed by atoms with E-state index in [-0.39, 0.29) is 11.3 Å². The molecule has 0 amide bonds. The molecule has 2 unspecified atom stereocenters. The van der Waals surface area contributed by atoms with E-state index in [9.17, 15) is 8.42 Å². The molecule has 0 spiro atoms. The monoisotopic (exact) mass is 234 g/mol. The first-order valence-corrected chi connectivity index (χ1v) is 7.17. The Morgan fingerprint density at radius 1 is 1.33 bits per heavy atom. The summed E-state index contributed by atoms with van der Waals surface area (Å²) in [4.78, 5) is 0. The van der Waals surface area contributed by atoms with E-state index in [0.29, 0.717) is 12.5 Å². The molecule has 0 saturated heterocycles. The summed E-state index contributed by atoms with van der Waals surface area (Å²) in [5.74, 6) is 0.543. The highest BCUT2D eigenvalue weighted by molar-refractivity contribution is 7.90. The van der Waals surface area contributed by atoms with E-state index in [0.717, 1.165) is 12.8 Å². The molecule has 0 bridgehead atoms. The Morgan fingerprint density at radius 3 is 2.33 bits per heavy atom. The van der Waals surface area contributed by atoms with Gasteiger partial charge in [0.25, 0.3) is 0 Å². The molecule has 1 saturated carbocycles. The molecular formula is C10H22N2O2S. The number of rotatable bonds is 6. The highest BCUT2D eigenvalue weighted by atomic mass is 32.2. The predicted octanol–water partition coefficient (Wildman–Crippen LogP) is 0.702. The van der Waals surface area contributed by atoms with Crippen LogP contribution in [0.1, 0.15) is 33.1 Å². The summed E-state index contributed by atoms with van der Waals surface area (Å²) in [5.41, 5.74) is 0. The Kier molecular flexibility index (Phi) is 4.55. The third-order valence-electron chi connectivity index (χ3n) is 3.23. The third-order valence-corrected chi connectivity index (χ3v) is 5.15. The zero-order valence-electron chi connectivity index (χ0n) is 9.79. The summed E-state index contributed by atoms with van der Waals surface area (Å²) < 4.78 is 26.4. The first-order chi connectivity index (χ1) is 6.97. The maximum absolute atomic E-state index is 11.8. The molecule has 0 aromatic rings. The van der Waals surface area contributed by atoms with Crippen LogP contribution in [0.4, 0.5) is 0 Å². The fraction of sp³-hybridized carbons (Fsp3) is 1.00. The first kappa shape index (κ1) is 12.9. The molecule has 1 rings (SSSR count). The molecule has 1 aliphatic rings. The van der Waals surface area contributed by atoms with Crippen molar-refractivity contribution in [2.75, 3.05) is 13.6 Å². The van der Waals surface area contributed by atoms with Crippen molar-refractivity contribution in [2.24, 2.45) is 5.92 Å². The second-order valence-corrected chi connectivity index (χ2v) is 6.64. The fourth-order valence-corrected chi connectivity index (χ4v) is 3.14. The lowest BCUT2D eigenvalue weighted by Crippen LogP contribution is -2.46. The van der Waals surface area contributed by atoms with Crippen LogP contribution in [0.3, 0.4) is 0 Å². The Labute approximate surface area is 92.9 Å². The van der Waals surface area contributed by atoms with E-state index < -0.39 is 10.0 Å². The minimum atomic E-state index is -3.16. The van der Waals surface area contributed by atoms with E-state index in [2.05, 4.69) is 10.0 Å². The highest BCUT2D eigenvalue weighted by Crippen LogP contribution is 2.29. The first-order valence-electron chi connectivity index (χ1n) is 5.63. The van der Waals surface area contributed by atoms with E-state index in [1.807, 2.05) is 6.92 Å². The van der Waals surface area contributed by atoms with Crippen LogP contribution in [-0.4, -0.2) is 33.3 Å². The Bertz CT molecular complexity index is 286. The average molecular weight is 234 g/mol. The summed E-state index contributed by atoms with van der Waals surface area (Å²) in [5, 5.41) is 2.51. The fourth-order valence-electron chi connectivity index (χ4n) is 1.81. The van der Waals surface area contributed by atoms with Gasteiger partial charge in [-0.1, -0.05) is 6.42 Å². The molecule has 2 N–H and O–H groups in total. The maximum Gasteiger partial charge on any atom is 0.215 e. The van der Waals surface area contributed by atoms with Gasteiger partial charge in [0.05, 0.1) is 5.25 Å². The molecule has 4 nitrogen and oxygen atoms in total. The third kappa shape index (κ3) is 3.43. The lowest BCUT2D eigenvalue weighted by molar-refractivity contribution is 0.260. The van der Waals surface area contributed by atoms with Crippen molar-refractivity contribution >= 4 is 10.0 Å². The van der Waals surface area contributed by atoms with Crippen molar-refractivity contribution < 1.29 is 8.42 Å². The van der Waals surface area contributed by atoms with E-state index in [1.165, 1.54) is 6.42 Å². The van der Waals surface area contributed by atoms with E-state index in [1.54, 1.807) is 14.0 Å². The normalized spacial score (nSPS) is 22.1. The van der Waals surface area contributed by atoms with Crippen LogP contribution in [0.5, 0.6) is 0 Å². The Hall–Kier alpha value is -0.130. The van der Waals surface area contributed by atoms with Crippen LogP contribution in [0.25, 0.3) is 0 Å². The van der Waals surface area contributed by atoms with Gasteiger partial charge in [-0.3, -0.25) is 0 Å². The SMILES string of the molecule is CNCC(C)S(=O)(=O)NC(C)C1CCC1. The smallest absolute Gasteiger partial charge is 0.215 e. The molecule has 0 aromatic carbocycles. The van der Waals surface area contributed by atoms with Crippen molar-refractivity contribution in [2.45, 2.75) is 44.4 Å². The van der Waals surface area contributed by atoms with Gasteiger partial charge in [-0.25, -0.2) is 13.1 Å². The minimum absolute atomic E-state index is 0.0862. The number of sulfonamides is 1. The average Bonchev–Trinajstić information content (AvgIpc) is 1.99. The van der Waals surface area contributed by atoms with Crippen molar-refractivity contribution in [3.05, 3.63) is 0 Å². The molecule has 2 atom stereocenters. The van der Waals surface area contributed by atoms with Crippen LogP contribution >= 0.6 is 0 Å². The lowest BCUT2D eigenvalue weighted by atomic mass is 9.81. The minimum Gasteiger partial charge on any atom is -0.318 e. The van der Waals surface area contributed by atoms with Crippen LogP contribution in [0.2, 0.25) is 0 Å². The lowest BCUT2D eigenvalue weighted by Gasteiger charge is -2.32. The molecule has 1 fully saturated rings. The van der Waals surface area contributed by atoms with Crippen molar-refractivity contribution in [3.8, 4) is 0 Å². The molecular weight excluding hydrogens is 212 g/mol. The van der Waals surface area contributed by atoms with E-state index in [4.69, 9.17) is 0 Å². The molecule has 1 aliphatic carbocycles. The molecule has 0 radical (unpaired) electrons. The van der Waals surface area contributed by atoms with Crippen LogP contribution in [-0.2, 0) is 10.0 Å². The Balaban J connectivity index is 2.47. The zero-order chi connectivity index (χ0) is 11.5. The molecule has 15 heavy (non-hydrogen) atoms. The Morgan fingerprint density at radius 2 is 1.93 bits per heavy atom. The van der Waals surface area contributed by atoms with Gasteiger partial charge >= 0.3 is 0 Å². The maximum atomic E-state index is 11.8. The van der Waals surface area contributed by atoms with Gasteiger partial charge < -0.3 is 5.32 Å². The van der Waals surface area contributed by atoms with Gasteiger partial charge in [0.1, 0.15) is 0 Å². The zero-order valence-corrected chi connectivity index (χ0v) is 10.6. The number of hydrogen-bond acceptors (Lipinski definition) is 3. The van der Waals surface area contributed by atoms with Crippen molar-refractivity contribution in [1.29, 1.82) is 0 Å². The van der Waals surface area contributed by atoms with Gasteiger partial charge in [0, 0.05) is 12.6 Å². The topological polar surface area (TPSA) is 58.2 Å². The quantitative estimate of drug-likeness (QED) is 0.711. The van der Waals surface area contributed by atoms with Gasteiger partial charge in [-0.15, -0.1) is 0 Å². The largest absolute Gasteiger partial charge is 0.318 e. The van der Waals surface area contributed by atoms with Crippen LogP contribution in [0, 0.1) is 5.92 Å². The van der Waals surface area contributed by atoms with Crippen molar-refractivity contribution in [3.63, 3.8) is 0 Å². The van der Waals surface area contributed by atoms with Gasteiger partial charge in [0.15, 0.2) is 0 Å². The number of nitrogens with one attached hydrogen (secondary N) is 2. The summed E-state index contributed by atoms with van der Waals surface area (Å²) >= 11 is 0. The molecule has 0 heterocycles. The van der Waals surface area contributed by atoms with Crippen LogP contribution in [0.15, 0.2) is 0 Å². The van der Waals surface area contributed by atoms with Crippen LogP contribution < -0.4 is 10.0 Å². The summed E-state index contributed by atoms with van der Waals surface area (Å²) in [6.07, 6.45) is 3.55. The van der Waals surface area contributed by atoms with Crippen molar-refractivity contribution in [1.82, 2.24) is 10.0 Å². The molecule has 0 aromatic heterocycles. The van der Waals surface area contributed by atoms with Gasteiger partial charge in [0.2, 0.25) is 10.0 Å². The summed E-state index contributed by atoms with van der Waals surface area (Å²) in [6.45, 7) is 4.19. The predicted molar refractivity (Wildman–Crippen MR) is 62.2 cm³/mol. The highest BCUT2D eigenvalue weighted by Gasteiger charge is 2.29. The number of hydrogen-bond donors (Lipinski definition) is 2.